The molecule has 0 aliphatic carbocycles. The van der Waals surface area contributed by atoms with Gasteiger partial charge in [-0.2, -0.15) is 15.8 Å². The van der Waals surface area contributed by atoms with Crippen molar-refractivity contribution in [2.45, 2.75) is 0 Å². The van der Waals surface area contributed by atoms with E-state index in [1.165, 1.54) is 10.8 Å². The molecule has 0 aliphatic rings. The van der Waals surface area contributed by atoms with Gasteiger partial charge in [0.1, 0.15) is 0 Å². The summed E-state index contributed by atoms with van der Waals surface area (Å²) >= 11 is 0. The molecule has 0 bridgehead atoms. The van der Waals surface area contributed by atoms with Crippen molar-refractivity contribution in [3.63, 3.8) is 0 Å². The molecular weight excluding hydrogens is 611 g/mol. The summed E-state index contributed by atoms with van der Waals surface area (Å²) in [6.45, 7) is 0. The molecule has 0 unspecified atom stereocenters. The largest absolute Gasteiger partial charge is 0.309 e. The van der Waals surface area contributed by atoms with Crippen LogP contribution in [-0.4, -0.2) is 9.13 Å². The molecule has 0 saturated carbocycles. The second kappa shape index (κ2) is 11.4. The minimum absolute atomic E-state index is 0.431. The summed E-state index contributed by atoms with van der Waals surface area (Å²) in [7, 11) is 0. The Balaban J connectivity index is 1.32. The lowest BCUT2D eigenvalue weighted by Gasteiger charge is -2.15. The Morgan fingerprint density at radius 3 is 1.40 bits per heavy atom. The molecule has 7 aromatic carbocycles. The average molecular weight is 636 g/mol. The number of nitriles is 3. The number of fused-ring (bicyclic) bond motifs is 6. The molecular formula is C45H25N5. The first kappa shape index (κ1) is 28.8. The van der Waals surface area contributed by atoms with E-state index in [4.69, 9.17) is 0 Å². The summed E-state index contributed by atoms with van der Waals surface area (Å²) < 4.78 is 4.54. The SMILES string of the molecule is N#Cc1cc(C#N)cc(-c2cc(-c3cccc(-n4c5ccccc5c5ccccc54)c3)cc(-n3c4ccccc4c4cc(C#N)ccc43)c2)c1. The van der Waals surface area contributed by atoms with E-state index in [1.807, 2.05) is 42.5 Å². The molecule has 0 atom stereocenters. The van der Waals surface area contributed by atoms with Gasteiger partial charge in [-0.3, -0.25) is 0 Å². The first-order valence-electron chi connectivity index (χ1n) is 16.3. The average Bonchev–Trinajstić information content (AvgIpc) is 3.70. The minimum atomic E-state index is 0.431. The Labute approximate surface area is 287 Å². The number of hydrogen-bond acceptors (Lipinski definition) is 3. The predicted molar refractivity (Wildman–Crippen MR) is 200 cm³/mol. The van der Waals surface area contributed by atoms with Gasteiger partial charge in [0.2, 0.25) is 0 Å². The molecule has 0 aliphatic heterocycles. The van der Waals surface area contributed by atoms with Crippen LogP contribution in [0.3, 0.4) is 0 Å². The van der Waals surface area contributed by atoms with Crippen LogP contribution in [0.1, 0.15) is 16.7 Å². The zero-order valence-electron chi connectivity index (χ0n) is 26.7. The zero-order valence-corrected chi connectivity index (χ0v) is 26.7. The second-order valence-corrected chi connectivity index (χ2v) is 12.4. The van der Waals surface area contributed by atoms with Crippen molar-refractivity contribution in [1.29, 1.82) is 15.8 Å². The maximum atomic E-state index is 9.83. The molecule has 9 rings (SSSR count). The molecule has 2 aromatic heterocycles. The third kappa shape index (κ3) is 4.53. The molecule has 0 amide bonds. The zero-order chi connectivity index (χ0) is 33.8. The number of benzene rings is 7. The van der Waals surface area contributed by atoms with E-state index in [-0.39, 0.29) is 0 Å². The molecule has 5 nitrogen and oxygen atoms in total. The normalized spacial score (nSPS) is 11.1. The van der Waals surface area contributed by atoms with E-state index < -0.39 is 0 Å². The molecule has 50 heavy (non-hydrogen) atoms. The Morgan fingerprint density at radius 1 is 0.320 bits per heavy atom. The highest BCUT2D eigenvalue weighted by Gasteiger charge is 2.17. The van der Waals surface area contributed by atoms with Crippen LogP contribution in [-0.2, 0) is 0 Å². The number of rotatable bonds is 4. The number of para-hydroxylation sites is 3. The van der Waals surface area contributed by atoms with Crippen molar-refractivity contribution in [2.24, 2.45) is 0 Å². The van der Waals surface area contributed by atoms with Gasteiger partial charge < -0.3 is 9.13 Å². The van der Waals surface area contributed by atoms with Crippen molar-refractivity contribution >= 4 is 43.6 Å². The monoisotopic (exact) mass is 635 g/mol. The smallest absolute Gasteiger partial charge is 0.0992 e. The fraction of sp³-hybridized carbons (Fsp3) is 0. The van der Waals surface area contributed by atoms with Gasteiger partial charge in [-0.05, 0) is 107 Å². The molecule has 0 saturated heterocycles. The summed E-state index contributed by atoms with van der Waals surface area (Å²) in [5.41, 5.74) is 11.4. The van der Waals surface area contributed by atoms with E-state index >= 15 is 0 Å². The van der Waals surface area contributed by atoms with E-state index in [1.54, 1.807) is 6.07 Å². The van der Waals surface area contributed by atoms with Crippen LogP contribution in [0.2, 0.25) is 0 Å². The molecule has 0 fully saturated rings. The highest BCUT2D eigenvalue weighted by atomic mass is 15.0. The first-order chi connectivity index (χ1) is 24.6. The predicted octanol–water partition coefficient (Wildman–Crippen LogP) is 10.8. The van der Waals surface area contributed by atoms with Crippen LogP contribution in [0, 0.1) is 34.0 Å². The fourth-order valence-corrected chi connectivity index (χ4v) is 7.34. The van der Waals surface area contributed by atoms with Crippen molar-refractivity contribution < 1.29 is 0 Å². The van der Waals surface area contributed by atoms with E-state index in [0.29, 0.717) is 16.7 Å². The number of aromatic nitrogens is 2. The lowest BCUT2D eigenvalue weighted by Crippen LogP contribution is -1.97. The summed E-state index contributed by atoms with van der Waals surface area (Å²) in [6, 6.07) is 58.1. The molecule has 0 radical (unpaired) electrons. The summed E-state index contributed by atoms with van der Waals surface area (Å²) in [5, 5.41) is 33.8. The Kier molecular flexibility index (Phi) is 6.56. The van der Waals surface area contributed by atoms with Crippen molar-refractivity contribution in [3.8, 4) is 51.8 Å². The van der Waals surface area contributed by atoms with E-state index in [2.05, 4.69) is 130 Å². The van der Waals surface area contributed by atoms with Crippen molar-refractivity contribution in [1.82, 2.24) is 9.13 Å². The summed E-state index contributed by atoms with van der Waals surface area (Å²) in [6.07, 6.45) is 0. The van der Waals surface area contributed by atoms with Gasteiger partial charge >= 0.3 is 0 Å². The summed E-state index contributed by atoms with van der Waals surface area (Å²) in [5.74, 6) is 0. The van der Waals surface area contributed by atoms with Crippen LogP contribution >= 0.6 is 0 Å². The third-order valence-electron chi connectivity index (χ3n) is 9.52. The molecule has 2 heterocycles. The van der Waals surface area contributed by atoms with Gasteiger partial charge in [0.05, 0.1) is 57.0 Å². The van der Waals surface area contributed by atoms with Crippen molar-refractivity contribution in [2.75, 3.05) is 0 Å². The molecule has 230 valence electrons. The van der Waals surface area contributed by atoms with Gasteiger partial charge in [0.15, 0.2) is 0 Å². The maximum absolute atomic E-state index is 9.83. The van der Waals surface area contributed by atoms with Crippen LogP contribution in [0.5, 0.6) is 0 Å². The maximum Gasteiger partial charge on any atom is 0.0992 e. The molecule has 0 spiro atoms. The first-order valence-corrected chi connectivity index (χ1v) is 16.3. The number of nitrogens with zero attached hydrogens (tertiary/aromatic N) is 5. The van der Waals surface area contributed by atoms with Gasteiger partial charge in [-0.15, -0.1) is 0 Å². The lowest BCUT2D eigenvalue weighted by molar-refractivity contribution is 1.17. The van der Waals surface area contributed by atoms with E-state index in [9.17, 15) is 15.8 Å². The van der Waals surface area contributed by atoms with Crippen LogP contribution in [0.25, 0.3) is 77.2 Å². The highest BCUT2D eigenvalue weighted by Crippen LogP contribution is 2.38. The molecule has 9 aromatic rings. The van der Waals surface area contributed by atoms with Gasteiger partial charge in [0.25, 0.3) is 0 Å². The van der Waals surface area contributed by atoms with Crippen LogP contribution < -0.4 is 0 Å². The minimum Gasteiger partial charge on any atom is -0.309 e. The van der Waals surface area contributed by atoms with Crippen molar-refractivity contribution in [3.05, 3.63) is 168 Å². The fourth-order valence-electron chi connectivity index (χ4n) is 7.34. The molecule has 5 heteroatoms. The summed E-state index contributed by atoms with van der Waals surface area (Å²) in [4.78, 5) is 0. The quantitative estimate of drug-likeness (QED) is 0.193. The van der Waals surface area contributed by atoms with Crippen LogP contribution in [0.4, 0.5) is 0 Å². The van der Waals surface area contributed by atoms with Gasteiger partial charge in [-0.25, -0.2) is 0 Å². The van der Waals surface area contributed by atoms with E-state index in [0.717, 1.165) is 66.5 Å². The Morgan fingerprint density at radius 2 is 0.800 bits per heavy atom. The van der Waals surface area contributed by atoms with Gasteiger partial charge in [-0.1, -0.05) is 66.7 Å². The topological polar surface area (TPSA) is 81.2 Å². The Hall–Kier alpha value is -7.39. The van der Waals surface area contributed by atoms with Crippen LogP contribution in [0.15, 0.2) is 152 Å². The standard InChI is InChI=1S/C45H25N5/c46-26-29-16-17-45-41(21-29)40-12-3-6-15-44(40)50(45)37-24-34(22-35(25-37)33-19-30(27-47)18-31(20-33)28-48)32-8-7-9-36(23-32)49-42-13-4-1-10-38(42)39-11-2-5-14-43(39)49/h1-25H. The van der Waals surface area contributed by atoms with Gasteiger partial charge in [0, 0.05) is 32.9 Å². The lowest BCUT2D eigenvalue weighted by atomic mass is 9.95. The highest BCUT2D eigenvalue weighted by molar-refractivity contribution is 6.10. The second-order valence-electron chi connectivity index (χ2n) is 12.4. The third-order valence-corrected chi connectivity index (χ3v) is 9.52. The number of hydrogen-bond donors (Lipinski definition) is 0. The molecule has 0 N–H and O–H groups in total. The Bertz CT molecular complexity index is 2890.